The molecule has 3 aliphatic rings. The Morgan fingerprint density at radius 3 is 2.44 bits per heavy atom. The van der Waals surface area contributed by atoms with E-state index in [2.05, 4.69) is 4.90 Å². The van der Waals surface area contributed by atoms with Gasteiger partial charge in [0.2, 0.25) is 0 Å². The van der Waals surface area contributed by atoms with E-state index in [9.17, 15) is 9.90 Å². The van der Waals surface area contributed by atoms with Crippen LogP contribution in [-0.2, 0) is 11.3 Å². The lowest BCUT2D eigenvalue weighted by molar-refractivity contribution is -0.125. The lowest BCUT2D eigenvalue weighted by atomic mass is 9.75. The van der Waals surface area contributed by atoms with Crippen molar-refractivity contribution in [3.05, 3.63) is 35.9 Å². The third kappa shape index (κ3) is 4.53. The number of carbonyl (C=O) groups excluding carboxylic acids is 1. The second-order valence-corrected chi connectivity index (χ2v) is 8.48. The minimum atomic E-state index is -0.845. The first-order valence-electron chi connectivity index (χ1n) is 9.22. The predicted octanol–water partition coefficient (Wildman–Crippen LogP) is 2.88. The number of nitrogens with zero attached hydrogens (tertiary/aromatic N) is 2. The fourth-order valence-electron chi connectivity index (χ4n) is 3.97. The van der Waals surface area contributed by atoms with Crippen molar-refractivity contribution in [3.63, 3.8) is 0 Å². The van der Waals surface area contributed by atoms with Gasteiger partial charge in [-0.25, -0.2) is 4.79 Å². The average molecular weight is 346 g/mol. The first kappa shape index (κ1) is 18.2. The molecule has 1 N–H and O–H groups in total. The molecule has 25 heavy (non-hydrogen) atoms. The van der Waals surface area contributed by atoms with E-state index < -0.39 is 11.2 Å². The highest BCUT2D eigenvalue weighted by Gasteiger charge is 2.47. The zero-order valence-corrected chi connectivity index (χ0v) is 15.6. The van der Waals surface area contributed by atoms with Gasteiger partial charge in [-0.2, -0.15) is 0 Å². The van der Waals surface area contributed by atoms with Gasteiger partial charge in [0, 0.05) is 13.1 Å². The van der Waals surface area contributed by atoms with Crippen molar-refractivity contribution in [2.75, 3.05) is 26.2 Å². The largest absolute Gasteiger partial charge is 0.444 e. The van der Waals surface area contributed by atoms with Crippen molar-refractivity contribution in [3.8, 4) is 0 Å². The molecule has 0 aromatic heterocycles. The number of aliphatic hydroxyl groups is 1. The molecule has 1 unspecified atom stereocenters. The van der Waals surface area contributed by atoms with Crippen LogP contribution in [0.25, 0.3) is 0 Å². The first-order chi connectivity index (χ1) is 11.8. The number of fused-ring (bicyclic) bond motifs is 3. The van der Waals surface area contributed by atoms with Gasteiger partial charge in [-0.1, -0.05) is 30.3 Å². The summed E-state index contributed by atoms with van der Waals surface area (Å²) in [4.78, 5) is 16.7. The average Bonchev–Trinajstić information content (AvgIpc) is 2.54. The van der Waals surface area contributed by atoms with Gasteiger partial charge in [0.05, 0.1) is 12.1 Å². The smallest absolute Gasteiger partial charge is 0.410 e. The van der Waals surface area contributed by atoms with E-state index in [0.29, 0.717) is 19.6 Å². The Hall–Kier alpha value is -1.59. The van der Waals surface area contributed by atoms with Crippen molar-refractivity contribution in [1.29, 1.82) is 0 Å². The molecule has 0 spiro atoms. The van der Waals surface area contributed by atoms with E-state index >= 15 is 0 Å². The highest BCUT2D eigenvalue weighted by molar-refractivity contribution is 5.68. The van der Waals surface area contributed by atoms with Gasteiger partial charge in [-0.05, 0) is 58.2 Å². The van der Waals surface area contributed by atoms with Crippen LogP contribution in [0.2, 0.25) is 0 Å². The van der Waals surface area contributed by atoms with E-state index in [0.717, 1.165) is 31.5 Å². The van der Waals surface area contributed by atoms with Gasteiger partial charge in [0.1, 0.15) is 5.60 Å². The maximum Gasteiger partial charge on any atom is 0.410 e. The van der Waals surface area contributed by atoms with Crippen molar-refractivity contribution in [1.82, 2.24) is 9.80 Å². The third-order valence-electron chi connectivity index (χ3n) is 5.18. The summed E-state index contributed by atoms with van der Waals surface area (Å²) >= 11 is 0. The number of benzene rings is 1. The van der Waals surface area contributed by atoms with E-state index in [4.69, 9.17) is 4.74 Å². The minimum absolute atomic E-state index is 0.262. The summed E-state index contributed by atoms with van der Waals surface area (Å²) in [5, 5.41) is 11.3. The van der Waals surface area contributed by atoms with Crippen LogP contribution in [0, 0.1) is 5.92 Å². The number of ether oxygens (including phenoxy) is 1. The monoisotopic (exact) mass is 346 g/mol. The molecule has 3 saturated heterocycles. The van der Waals surface area contributed by atoms with E-state index in [1.165, 1.54) is 0 Å². The maximum atomic E-state index is 12.8. The van der Waals surface area contributed by atoms with Crippen LogP contribution in [-0.4, -0.2) is 58.4 Å². The predicted molar refractivity (Wildman–Crippen MR) is 97.2 cm³/mol. The number of rotatable bonds is 4. The van der Waals surface area contributed by atoms with Crippen LogP contribution < -0.4 is 0 Å². The quantitative estimate of drug-likeness (QED) is 0.911. The fraction of sp³-hybridized carbons (Fsp3) is 0.650. The summed E-state index contributed by atoms with van der Waals surface area (Å²) in [6.45, 7) is 9.13. The summed E-state index contributed by atoms with van der Waals surface area (Å²) < 4.78 is 5.60. The van der Waals surface area contributed by atoms with E-state index in [1.807, 2.05) is 51.1 Å². The Morgan fingerprint density at radius 1 is 1.28 bits per heavy atom. The molecule has 0 aliphatic carbocycles. The van der Waals surface area contributed by atoms with Gasteiger partial charge < -0.3 is 19.6 Å². The zero-order valence-electron chi connectivity index (χ0n) is 15.6. The molecule has 3 heterocycles. The molecule has 3 aliphatic heterocycles. The fourth-order valence-corrected chi connectivity index (χ4v) is 3.97. The Bertz CT molecular complexity index is 591. The lowest BCUT2D eigenvalue weighted by Gasteiger charge is -2.51. The summed E-state index contributed by atoms with van der Waals surface area (Å²) in [6, 6.07) is 9.88. The molecule has 1 amide bonds. The van der Waals surface area contributed by atoms with Crippen LogP contribution in [0.15, 0.2) is 30.3 Å². The van der Waals surface area contributed by atoms with Crippen LogP contribution in [0.3, 0.4) is 0 Å². The highest BCUT2D eigenvalue weighted by Crippen LogP contribution is 2.36. The Morgan fingerprint density at radius 2 is 1.92 bits per heavy atom. The second kappa shape index (κ2) is 6.96. The van der Waals surface area contributed by atoms with Crippen molar-refractivity contribution < 1.29 is 14.6 Å². The van der Waals surface area contributed by atoms with Crippen molar-refractivity contribution >= 4 is 6.09 Å². The molecule has 5 heteroatoms. The molecule has 138 valence electrons. The SMILES string of the molecule is CC(C)(C)OC(=O)N(Cc1ccccc1)CC1(O)CN2CCC1CC2. The summed E-state index contributed by atoms with van der Waals surface area (Å²) in [7, 11) is 0. The van der Waals surface area contributed by atoms with Gasteiger partial charge in [0.25, 0.3) is 0 Å². The van der Waals surface area contributed by atoms with Gasteiger partial charge in [-0.3, -0.25) is 0 Å². The number of amides is 1. The number of piperidine rings is 3. The molecule has 0 radical (unpaired) electrons. The van der Waals surface area contributed by atoms with Crippen LogP contribution >= 0.6 is 0 Å². The van der Waals surface area contributed by atoms with Crippen LogP contribution in [0.5, 0.6) is 0 Å². The molecule has 1 atom stereocenters. The molecule has 1 aromatic rings. The van der Waals surface area contributed by atoms with Gasteiger partial charge in [-0.15, -0.1) is 0 Å². The van der Waals surface area contributed by atoms with Crippen LogP contribution in [0.1, 0.15) is 39.2 Å². The minimum Gasteiger partial charge on any atom is -0.444 e. The van der Waals surface area contributed by atoms with Gasteiger partial charge >= 0.3 is 6.09 Å². The lowest BCUT2D eigenvalue weighted by Crippen LogP contribution is -2.63. The van der Waals surface area contributed by atoms with Crippen LogP contribution in [0.4, 0.5) is 4.79 Å². The number of hydrogen-bond donors (Lipinski definition) is 1. The molecule has 2 bridgehead atoms. The van der Waals surface area contributed by atoms with E-state index in [1.54, 1.807) is 4.90 Å². The van der Waals surface area contributed by atoms with E-state index in [-0.39, 0.29) is 12.0 Å². The number of carbonyl (C=O) groups is 1. The normalized spacial score (nSPS) is 28.6. The van der Waals surface area contributed by atoms with Crippen molar-refractivity contribution in [2.45, 2.75) is 51.4 Å². The molecule has 0 saturated carbocycles. The third-order valence-corrected chi connectivity index (χ3v) is 5.18. The molecule has 4 rings (SSSR count). The number of hydrogen-bond acceptors (Lipinski definition) is 4. The Labute approximate surface area is 150 Å². The standard InChI is InChI=1S/C20H30N2O3/c1-19(2,3)25-18(23)22(13-16-7-5-4-6-8-16)15-20(24)14-21-11-9-17(20)10-12-21/h4-8,17,24H,9-15H2,1-3H3. The molecule has 5 nitrogen and oxygen atoms in total. The summed E-state index contributed by atoms with van der Waals surface area (Å²) in [5.74, 6) is 0.262. The maximum absolute atomic E-state index is 12.8. The Kier molecular flexibility index (Phi) is 5.07. The second-order valence-electron chi connectivity index (χ2n) is 8.48. The molecular formula is C20H30N2O3. The summed E-state index contributed by atoms with van der Waals surface area (Å²) in [5.41, 5.74) is -0.357. The Balaban J connectivity index is 1.77. The topological polar surface area (TPSA) is 53.0 Å². The molecule has 1 aromatic carbocycles. The first-order valence-corrected chi connectivity index (χ1v) is 9.22. The zero-order chi connectivity index (χ0) is 18.1. The summed E-state index contributed by atoms with van der Waals surface area (Å²) in [6.07, 6.45) is 1.65. The molecular weight excluding hydrogens is 316 g/mol. The van der Waals surface area contributed by atoms with Gasteiger partial charge in [0.15, 0.2) is 0 Å². The van der Waals surface area contributed by atoms with Crippen molar-refractivity contribution in [2.24, 2.45) is 5.92 Å². The highest BCUT2D eigenvalue weighted by atomic mass is 16.6. The molecule has 3 fully saturated rings.